The molecule has 6 nitrogen and oxygen atoms in total. The van der Waals surface area contributed by atoms with Crippen molar-refractivity contribution in [2.24, 2.45) is 5.92 Å². The third kappa shape index (κ3) is 3.94. The van der Waals surface area contributed by atoms with Crippen LogP contribution in [-0.2, 0) is 11.2 Å². The number of hydrogen-bond donors (Lipinski definition) is 1. The van der Waals surface area contributed by atoms with Gasteiger partial charge in [-0.15, -0.1) is 0 Å². The summed E-state index contributed by atoms with van der Waals surface area (Å²) in [6.45, 7) is 1.72. The number of carbonyl (C=O) groups excluding carboxylic acids is 2. The lowest BCUT2D eigenvalue weighted by molar-refractivity contribution is -0.127. The minimum absolute atomic E-state index is 0.0273. The largest absolute Gasteiger partial charge is 0.492 e. The van der Waals surface area contributed by atoms with E-state index in [0.29, 0.717) is 31.7 Å². The van der Waals surface area contributed by atoms with E-state index in [2.05, 4.69) is 10.3 Å². The monoisotopic (exact) mass is 365 g/mol. The quantitative estimate of drug-likeness (QED) is 0.904. The third-order valence-corrected chi connectivity index (χ3v) is 5.31. The predicted molar refractivity (Wildman–Crippen MR) is 100 cm³/mol. The molecular formula is C21H23N3O3. The molecule has 1 N–H and O–H groups in total. The van der Waals surface area contributed by atoms with Crippen LogP contribution in [0, 0.1) is 5.92 Å². The van der Waals surface area contributed by atoms with Crippen molar-refractivity contribution in [1.29, 1.82) is 0 Å². The number of para-hydroxylation sites is 1. The summed E-state index contributed by atoms with van der Waals surface area (Å²) in [5.41, 5.74) is 1.74. The Morgan fingerprint density at radius 3 is 2.59 bits per heavy atom. The van der Waals surface area contributed by atoms with Crippen LogP contribution in [0.2, 0.25) is 0 Å². The fraction of sp³-hybridized carbons (Fsp3) is 0.381. The molecular weight excluding hydrogens is 342 g/mol. The van der Waals surface area contributed by atoms with Gasteiger partial charge in [-0.3, -0.25) is 14.6 Å². The molecule has 0 saturated carbocycles. The molecule has 27 heavy (non-hydrogen) atoms. The van der Waals surface area contributed by atoms with Gasteiger partial charge < -0.3 is 15.0 Å². The average molecular weight is 365 g/mol. The number of nitrogens with zero attached hydrogens (tertiary/aromatic N) is 2. The molecule has 0 aliphatic carbocycles. The Kier molecular flexibility index (Phi) is 5.05. The van der Waals surface area contributed by atoms with E-state index in [-0.39, 0.29) is 23.8 Å². The van der Waals surface area contributed by atoms with Gasteiger partial charge in [-0.1, -0.05) is 18.2 Å². The molecule has 1 aromatic carbocycles. The molecule has 0 radical (unpaired) electrons. The number of carbonyl (C=O) groups is 2. The minimum atomic E-state index is -0.156. The Morgan fingerprint density at radius 2 is 1.81 bits per heavy atom. The standard InChI is InChI=1S/C21H23N3O3/c25-20(17-13-16-3-1-2-4-19(16)27-14-17)23-18-7-11-24(12-8-18)21(26)15-5-9-22-10-6-15/h1-6,9-10,17-18H,7-8,11-14H2,(H,23,25). The first-order chi connectivity index (χ1) is 13.2. The number of rotatable bonds is 3. The smallest absolute Gasteiger partial charge is 0.253 e. The molecule has 1 atom stereocenters. The number of hydrogen-bond acceptors (Lipinski definition) is 4. The Bertz CT molecular complexity index is 816. The number of fused-ring (bicyclic) bond motifs is 1. The maximum Gasteiger partial charge on any atom is 0.253 e. The van der Waals surface area contributed by atoms with E-state index in [1.807, 2.05) is 29.2 Å². The second-order valence-electron chi connectivity index (χ2n) is 7.13. The number of piperidine rings is 1. The molecule has 140 valence electrons. The van der Waals surface area contributed by atoms with E-state index >= 15 is 0 Å². The lowest BCUT2D eigenvalue weighted by Crippen LogP contribution is -2.49. The maximum absolute atomic E-state index is 12.6. The first-order valence-corrected chi connectivity index (χ1v) is 9.41. The summed E-state index contributed by atoms with van der Waals surface area (Å²) in [5.74, 6) is 0.795. The van der Waals surface area contributed by atoms with E-state index in [9.17, 15) is 9.59 Å². The van der Waals surface area contributed by atoms with Crippen molar-refractivity contribution in [3.63, 3.8) is 0 Å². The normalized spacial score (nSPS) is 19.7. The Hall–Kier alpha value is -2.89. The Morgan fingerprint density at radius 1 is 1.07 bits per heavy atom. The predicted octanol–water partition coefficient (Wildman–Crippen LogP) is 2.05. The van der Waals surface area contributed by atoms with E-state index in [4.69, 9.17) is 4.74 Å². The van der Waals surface area contributed by atoms with Gasteiger partial charge in [-0.2, -0.15) is 0 Å². The number of nitrogens with one attached hydrogen (secondary N) is 1. The van der Waals surface area contributed by atoms with Gasteiger partial charge in [0.1, 0.15) is 12.4 Å². The van der Waals surface area contributed by atoms with Crippen LogP contribution in [-0.4, -0.2) is 47.4 Å². The summed E-state index contributed by atoms with van der Waals surface area (Å²) in [6.07, 6.45) is 5.51. The molecule has 6 heteroatoms. The third-order valence-electron chi connectivity index (χ3n) is 5.31. The summed E-state index contributed by atoms with van der Waals surface area (Å²) < 4.78 is 5.73. The molecule has 2 aliphatic rings. The second kappa shape index (κ2) is 7.78. The van der Waals surface area contributed by atoms with Crippen molar-refractivity contribution < 1.29 is 14.3 Å². The van der Waals surface area contributed by atoms with Crippen LogP contribution < -0.4 is 10.1 Å². The van der Waals surface area contributed by atoms with E-state index in [1.165, 1.54) is 0 Å². The zero-order chi connectivity index (χ0) is 18.6. The molecule has 4 rings (SSSR count). The van der Waals surface area contributed by atoms with Crippen LogP contribution in [0.1, 0.15) is 28.8 Å². The van der Waals surface area contributed by atoms with Crippen LogP contribution in [0.25, 0.3) is 0 Å². The lowest BCUT2D eigenvalue weighted by atomic mass is 9.95. The van der Waals surface area contributed by atoms with Crippen LogP contribution >= 0.6 is 0 Å². The molecule has 2 aromatic rings. The summed E-state index contributed by atoms with van der Waals surface area (Å²) in [4.78, 5) is 30.9. The van der Waals surface area contributed by atoms with Gasteiger partial charge in [0.15, 0.2) is 0 Å². The van der Waals surface area contributed by atoms with E-state index in [1.54, 1.807) is 24.5 Å². The molecule has 2 aliphatic heterocycles. The van der Waals surface area contributed by atoms with E-state index < -0.39 is 0 Å². The molecule has 2 amide bonds. The molecule has 0 bridgehead atoms. The van der Waals surface area contributed by atoms with Crippen molar-refractivity contribution >= 4 is 11.8 Å². The fourth-order valence-corrected chi connectivity index (χ4v) is 3.72. The minimum Gasteiger partial charge on any atom is -0.492 e. The second-order valence-corrected chi connectivity index (χ2v) is 7.13. The van der Waals surface area contributed by atoms with Crippen molar-refractivity contribution in [2.45, 2.75) is 25.3 Å². The molecule has 1 unspecified atom stereocenters. The summed E-state index contributed by atoms with van der Waals surface area (Å²) >= 11 is 0. The summed E-state index contributed by atoms with van der Waals surface area (Å²) in [5, 5.41) is 3.15. The van der Waals surface area contributed by atoms with Gasteiger partial charge >= 0.3 is 0 Å². The van der Waals surface area contributed by atoms with Crippen LogP contribution in [0.3, 0.4) is 0 Å². The highest BCUT2D eigenvalue weighted by Crippen LogP contribution is 2.27. The summed E-state index contributed by atoms with van der Waals surface area (Å²) in [7, 11) is 0. The average Bonchev–Trinajstić information content (AvgIpc) is 2.74. The molecule has 0 spiro atoms. The maximum atomic E-state index is 12.6. The van der Waals surface area contributed by atoms with Crippen molar-refractivity contribution in [3.8, 4) is 5.75 Å². The lowest BCUT2D eigenvalue weighted by Gasteiger charge is -2.33. The summed E-state index contributed by atoms with van der Waals surface area (Å²) in [6, 6.07) is 11.4. The van der Waals surface area contributed by atoms with Gasteiger partial charge in [-0.25, -0.2) is 0 Å². The van der Waals surface area contributed by atoms with Crippen molar-refractivity contribution in [3.05, 3.63) is 59.9 Å². The van der Waals surface area contributed by atoms with Crippen molar-refractivity contribution in [1.82, 2.24) is 15.2 Å². The molecule has 1 fully saturated rings. The number of likely N-dealkylation sites (tertiary alicyclic amines) is 1. The number of benzene rings is 1. The number of ether oxygens (including phenoxy) is 1. The van der Waals surface area contributed by atoms with Crippen LogP contribution in [0.15, 0.2) is 48.8 Å². The molecule has 3 heterocycles. The highest BCUT2D eigenvalue weighted by Gasteiger charge is 2.29. The molecule has 1 aromatic heterocycles. The Labute approximate surface area is 158 Å². The Balaban J connectivity index is 1.28. The van der Waals surface area contributed by atoms with Gasteiger partial charge in [0.05, 0.1) is 5.92 Å². The zero-order valence-electron chi connectivity index (χ0n) is 15.1. The molecule has 1 saturated heterocycles. The van der Waals surface area contributed by atoms with E-state index in [0.717, 1.165) is 24.2 Å². The van der Waals surface area contributed by atoms with Gasteiger partial charge in [-0.05, 0) is 43.0 Å². The number of pyridine rings is 1. The van der Waals surface area contributed by atoms with Crippen LogP contribution in [0.5, 0.6) is 5.75 Å². The first-order valence-electron chi connectivity index (χ1n) is 9.41. The van der Waals surface area contributed by atoms with Crippen molar-refractivity contribution in [2.75, 3.05) is 19.7 Å². The highest BCUT2D eigenvalue weighted by atomic mass is 16.5. The topological polar surface area (TPSA) is 71.5 Å². The van der Waals surface area contributed by atoms with Gasteiger partial charge in [0, 0.05) is 37.1 Å². The number of aromatic nitrogens is 1. The fourth-order valence-electron chi connectivity index (χ4n) is 3.72. The number of amides is 2. The van der Waals surface area contributed by atoms with Crippen LogP contribution in [0.4, 0.5) is 0 Å². The van der Waals surface area contributed by atoms with Gasteiger partial charge in [0.2, 0.25) is 5.91 Å². The zero-order valence-corrected chi connectivity index (χ0v) is 15.1. The highest BCUT2D eigenvalue weighted by molar-refractivity contribution is 5.94. The van der Waals surface area contributed by atoms with Gasteiger partial charge in [0.25, 0.3) is 5.91 Å². The first kappa shape index (κ1) is 17.5. The SMILES string of the molecule is O=C(NC1CCN(C(=O)c2ccncc2)CC1)C1COc2ccccc2C1.